The zero-order valence-corrected chi connectivity index (χ0v) is 15.2. The molecule has 25 heavy (non-hydrogen) atoms. The molecule has 1 aromatic heterocycles. The minimum Gasteiger partial charge on any atom is -0.465 e. The van der Waals surface area contributed by atoms with E-state index in [2.05, 4.69) is 15.0 Å². The molecule has 0 aromatic carbocycles. The topological polar surface area (TPSA) is 97.3 Å². The van der Waals surface area contributed by atoms with Crippen LogP contribution < -0.4 is 5.32 Å². The standard InChI is InChI=1S/C15H17N3O5S2/c1-22-14(21)9-2-7-24-13(9)16-11(19)8-10-12(20)17-15(25-10)18-3-5-23-6-4-18/h2,7,10H,3-6,8H2,1H3,(H,16,19). The molecule has 134 valence electrons. The maximum absolute atomic E-state index is 12.3. The van der Waals surface area contributed by atoms with Crippen LogP contribution in [0, 0.1) is 0 Å². The summed E-state index contributed by atoms with van der Waals surface area (Å²) in [7, 11) is 1.28. The molecule has 1 N–H and O–H groups in total. The number of hydrogen-bond acceptors (Lipinski definition) is 8. The quantitative estimate of drug-likeness (QED) is 0.780. The molecule has 3 heterocycles. The lowest BCUT2D eigenvalue weighted by Gasteiger charge is -2.27. The Morgan fingerprint density at radius 3 is 2.92 bits per heavy atom. The Morgan fingerprint density at radius 1 is 1.44 bits per heavy atom. The van der Waals surface area contributed by atoms with Crippen molar-refractivity contribution in [3.8, 4) is 0 Å². The van der Waals surface area contributed by atoms with E-state index in [9.17, 15) is 14.4 Å². The highest BCUT2D eigenvalue weighted by Crippen LogP contribution is 2.29. The number of carbonyl (C=O) groups excluding carboxylic acids is 3. The molecule has 0 bridgehead atoms. The van der Waals surface area contributed by atoms with Gasteiger partial charge in [0.25, 0.3) is 5.91 Å². The lowest BCUT2D eigenvalue weighted by Crippen LogP contribution is -2.39. The highest BCUT2D eigenvalue weighted by molar-refractivity contribution is 8.15. The third-order valence-electron chi connectivity index (χ3n) is 3.70. The molecule has 1 unspecified atom stereocenters. The summed E-state index contributed by atoms with van der Waals surface area (Å²) in [5.41, 5.74) is 0.302. The predicted octanol–water partition coefficient (Wildman–Crippen LogP) is 1.19. The van der Waals surface area contributed by atoms with Crippen molar-refractivity contribution in [2.45, 2.75) is 11.7 Å². The first-order valence-electron chi connectivity index (χ1n) is 7.66. The normalized spacial score (nSPS) is 20.4. The first-order chi connectivity index (χ1) is 12.1. The van der Waals surface area contributed by atoms with E-state index in [4.69, 9.17) is 4.74 Å². The van der Waals surface area contributed by atoms with Crippen molar-refractivity contribution in [1.82, 2.24) is 4.90 Å². The fourth-order valence-corrected chi connectivity index (χ4v) is 4.33. The van der Waals surface area contributed by atoms with Crippen LogP contribution in [0.15, 0.2) is 16.4 Å². The van der Waals surface area contributed by atoms with Gasteiger partial charge in [0.2, 0.25) is 5.91 Å². The summed E-state index contributed by atoms with van der Waals surface area (Å²) < 4.78 is 9.96. The summed E-state index contributed by atoms with van der Waals surface area (Å²) in [6.07, 6.45) is -0.000642. The molecule has 2 aliphatic heterocycles. The Bertz CT molecular complexity index is 712. The molecule has 8 nitrogen and oxygen atoms in total. The monoisotopic (exact) mass is 383 g/mol. The van der Waals surface area contributed by atoms with Gasteiger partial charge in [-0.15, -0.1) is 11.3 Å². The third kappa shape index (κ3) is 4.20. The summed E-state index contributed by atoms with van der Waals surface area (Å²) in [5, 5.41) is 4.89. The number of methoxy groups -OCH3 is 1. The fraction of sp³-hybridized carbons (Fsp3) is 0.467. The van der Waals surface area contributed by atoms with Gasteiger partial charge in [0.1, 0.15) is 10.3 Å². The number of aliphatic imine (C=N–C) groups is 1. The number of carbonyl (C=O) groups is 3. The molecule has 1 fully saturated rings. The van der Waals surface area contributed by atoms with Crippen LogP contribution in [0.25, 0.3) is 0 Å². The van der Waals surface area contributed by atoms with E-state index in [1.807, 2.05) is 4.90 Å². The SMILES string of the molecule is COC(=O)c1ccsc1NC(=O)CC1SC(N2CCOCC2)=NC1=O. The summed E-state index contributed by atoms with van der Waals surface area (Å²) >= 11 is 2.53. The molecule has 0 spiro atoms. The number of thioether (sulfide) groups is 1. The predicted molar refractivity (Wildman–Crippen MR) is 95.1 cm³/mol. The van der Waals surface area contributed by atoms with Gasteiger partial charge in [-0.3, -0.25) is 9.59 Å². The van der Waals surface area contributed by atoms with E-state index in [0.717, 1.165) is 0 Å². The lowest BCUT2D eigenvalue weighted by molar-refractivity contribution is -0.121. The van der Waals surface area contributed by atoms with Crippen LogP contribution in [-0.2, 0) is 19.1 Å². The first-order valence-corrected chi connectivity index (χ1v) is 9.42. The molecule has 2 amide bonds. The number of morpholine rings is 1. The third-order valence-corrected chi connectivity index (χ3v) is 5.75. The Kier molecular flexibility index (Phi) is 5.71. The Balaban J connectivity index is 1.56. The van der Waals surface area contributed by atoms with Crippen LogP contribution in [0.3, 0.4) is 0 Å². The smallest absolute Gasteiger partial charge is 0.340 e. The number of nitrogens with one attached hydrogen (secondary N) is 1. The number of nitrogens with zero attached hydrogens (tertiary/aromatic N) is 2. The van der Waals surface area contributed by atoms with Gasteiger partial charge in [-0.25, -0.2) is 4.79 Å². The zero-order valence-electron chi connectivity index (χ0n) is 13.5. The van der Waals surface area contributed by atoms with E-state index in [0.29, 0.717) is 42.0 Å². The van der Waals surface area contributed by atoms with E-state index >= 15 is 0 Å². The highest BCUT2D eigenvalue weighted by Gasteiger charge is 2.33. The molecule has 1 atom stereocenters. The molecule has 0 saturated carbocycles. The molecular formula is C15H17N3O5S2. The van der Waals surface area contributed by atoms with Crippen LogP contribution in [0.2, 0.25) is 0 Å². The molecule has 0 radical (unpaired) electrons. The van der Waals surface area contributed by atoms with Crippen LogP contribution in [0.4, 0.5) is 5.00 Å². The van der Waals surface area contributed by atoms with Gasteiger partial charge in [-0.2, -0.15) is 4.99 Å². The number of thiophene rings is 1. The number of anilines is 1. The van der Waals surface area contributed by atoms with Crippen molar-refractivity contribution in [3.05, 3.63) is 17.0 Å². The Hall–Kier alpha value is -1.91. The first kappa shape index (κ1) is 17.9. The number of amides is 2. The van der Waals surface area contributed by atoms with Gasteiger partial charge < -0.3 is 19.7 Å². The molecule has 10 heteroatoms. The summed E-state index contributed by atoms with van der Waals surface area (Å²) in [6.45, 7) is 2.59. The van der Waals surface area contributed by atoms with E-state index in [-0.39, 0.29) is 18.2 Å². The van der Waals surface area contributed by atoms with Crippen LogP contribution >= 0.6 is 23.1 Å². The second-order valence-electron chi connectivity index (χ2n) is 5.35. The molecular weight excluding hydrogens is 366 g/mol. The molecule has 3 rings (SSSR count). The highest BCUT2D eigenvalue weighted by atomic mass is 32.2. The zero-order chi connectivity index (χ0) is 17.8. The van der Waals surface area contributed by atoms with Gasteiger partial charge in [0.15, 0.2) is 5.17 Å². The van der Waals surface area contributed by atoms with E-state index < -0.39 is 11.2 Å². The minimum absolute atomic E-state index is 0.000642. The van der Waals surface area contributed by atoms with Crippen molar-refractivity contribution in [3.63, 3.8) is 0 Å². The number of esters is 1. The molecule has 1 aromatic rings. The maximum atomic E-state index is 12.3. The Morgan fingerprint density at radius 2 is 2.20 bits per heavy atom. The molecule has 2 aliphatic rings. The number of hydrogen-bond donors (Lipinski definition) is 1. The van der Waals surface area contributed by atoms with Crippen LogP contribution in [-0.4, -0.2) is 66.5 Å². The largest absolute Gasteiger partial charge is 0.465 e. The maximum Gasteiger partial charge on any atom is 0.340 e. The van der Waals surface area contributed by atoms with Gasteiger partial charge >= 0.3 is 5.97 Å². The lowest BCUT2D eigenvalue weighted by atomic mass is 10.2. The van der Waals surface area contributed by atoms with Crippen LogP contribution in [0.5, 0.6) is 0 Å². The van der Waals surface area contributed by atoms with Crippen molar-refractivity contribution >= 4 is 51.1 Å². The van der Waals surface area contributed by atoms with Crippen molar-refractivity contribution in [2.75, 3.05) is 38.7 Å². The van der Waals surface area contributed by atoms with Crippen LogP contribution in [0.1, 0.15) is 16.8 Å². The van der Waals surface area contributed by atoms with Gasteiger partial charge in [-0.1, -0.05) is 11.8 Å². The number of amidine groups is 1. The molecule has 1 saturated heterocycles. The summed E-state index contributed by atoms with van der Waals surface area (Å²) in [6, 6.07) is 1.58. The van der Waals surface area contributed by atoms with Crippen molar-refractivity contribution < 1.29 is 23.9 Å². The van der Waals surface area contributed by atoms with E-state index in [1.54, 1.807) is 11.4 Å². The molecule has 0 aliphatic carbocycles. The fourth-order valence-electron chi connectivity index (χ4n) is 2.42. The van der Waals surface area contributed by atoms with Crippen molar-refractivity contribution in [1.29, 1.82) is 0 Å². The van der Waals surface area contributed by atoms with Gasteiger partial charge in [0.05, 0.1) is 25.9 Å². The average molecular weight is 383 g/mol. The van der Waals surface area contributed by atoms with Gasteiger partial charge in [0, 0.05) is 19.5 Å². The second-order valence-corrected chi connectivity index (χ2v) is 7.43. The number of ether oxygens (including phenoxy) is 2. The average Bonchev–Trinajstić information content (AvgIpc) is 3.22. The second kappa shape index (κ2) is 7.98. The Labute approximate surface area is 152 Å². The van der Waals surface area contributed by atoms with E-state index in [1.165, 1.54) is 30.2 Å². The minimum atomic E-state index is -0.542. The summed E-state index contributed by atoms with van der Waals surface area (Å²) in [4.78, 5) is 42.0. The van der Waals surface area contributed by atoms with Crippen molar-refractivity contribution in [2.24, 2.45) is 4.99 Å². The number of rotatable bonds is 4. The van der Waals surface area contributed by atoms with Gasteiger partial charge in [-0.05, 0) is 11.4 Å². The summed E-state index contributed by atoms with van der Waals surface area (Å²) in [5.74, 6) is -1.15.